The Morgan fingerprint density at radius 1 is 1.26 bits per heavy atom. The van der Waals surface area contributed by atoms with Crippen LogP contribution < -0.4 is 21.1 Å². The Bertz CT molecular complexity index is 604. The van der Waals surface area contributed by atoms with Crippen LogP contribution in [0.2, 0.25) is 0 Å². The molecule has 0 bridgehead atoms. The highest BCUT2D eigenvalue weighted by molar-refractivity contribution is 5.87. The number of nitrogens with zero attached hydrogens (tertiary/aromatic N) is 1. The van der Waals surface area contributed by atoms with Crippen molar-refractivity contribution >= 4 is 36.6 Å². The number of amides is 2. The van der Waals surface area contributed by atoms with Crippen LogP contribution in [0, 0.1) is 5.92 Å². The van der Waals surface area contributed by atoms with E-state index in [1.165, 1.54) is 18.3 Å². The summed E-state index contributed by atoms with van der Waals surface area (Å²) >= 11 is 0. The number of ether oxygens (including phenoxy) is 1. The lowest BCUT2D eigenvalue weighted by Gasteiger charge is -2.15. The summed E-state index contributed by atoms with van der Waals surface area (Å²) in [6.45, 7) is 1.68. The number of nitrogens with two attached hydrogens (primary N) is 1. The maximum absolute atomic E-state index is 12.2. The van der Waals surface area contributed by atoms with E-state index in [2.05, 4.69) is 20.4 Å². The van der Waals surface area contributed by atoms with Crippen LogP contribution in [0.1, 0.15) is 19.4 Å². The lowest BCUT2D eigenvalue weighted by atomic mass is 10.1. The molecule has 0 aromatic carbocycles. The molecule has 12 heteroatoms. The number of halogens is 5. The fourth-order valence-corrected chi connectivity index (χ4v) is 1.68. The van der Waals surface area contributed by atoms with Crippen molar-refractivity contribution in [2.24, 2.45) is 11.7 Å². The fraction of sp³-hybridized carbons (Fsp3) is 0.533. The van der Waals surface area contributed by atoms with Crippen molar-refractivity contribution in [2.75, 3.05) is 13.2 Å². The molecule has 0 unspecified atom stereocenters. The Labute approximate surface area is 167 Å². The summed E-state index contributed by atoms with van der Waals surface area (Å²) < 4.78 is 41.3. The molecule has 2 amide bonds. The van der Waals surface area contributed by atoms with E-state index < -0.39 is 30.6 Å². The first-order chi connectivity index (χ1) is 11.6. The van der Waals surface area contributed by atoms with Gasteiger partial charge in [-0.1, -0.05) is 19.9 Å². The van der Waals surface area contributed by atoms with E-state index >= 15 is 0 Å². The van der Waals surface area contributed by atoms with Gasteiger partial charge in [-0.15, -0.1) is 24.8 Å². The van der Waals surface area contributed by atoms with Gasteiger partial charge in [0.05, 0.1) is 12.6 Å². The summed E-state index contributed by atoms with van der Waals surface area (Å²) in [6.07, 6.45) is -3.21. The first-order valence-corrected chi connectivity index (χ1v) is 7.53. The lowest BCUT2D eigenvalue weighted by Crippen LogP contribution is -2.47. The highest BCUT2D eigenvalue weighted by Gasteiger charge is 2.29. The van der Waals surface area contributed by atoms with Crippen LogP contribution >= 0.6 is 24.8 Å². The number of nitrogens with one attached hydrogen (secondary N) is 2. The Hall–Kier alpha value is -1.78. The van der Waals surface area contributed by atoms with Gasteiger partial charge in [-0.3, -0.25) is 9.59 Å². The number of aromatic nitrogens is 1. The van der Waals surface area contributed by atoms with Crippen LogP contribution in [0.15, 0.2) is 18.3 Å². The summed E-state index contributed by atoms with van der Waals surface area (Å²) in [5.41, 5.74) is 5.92. The molecule has 1 atom stereocenters. The quantitative estimate of drug-likeness (QED) is 0.575. The highest BCUT2D eigenvalue weighted by atomic mass is 35.5. The van der Waals surface area contributed by atoms with Gasteiger partial charge in [-0.05, 0) is 12.0 Å². The van der Waals surface area contributed by atoms with Gasteiger partial charge < -0.3 is 21.1 Å². The molecule has 0 spiro atoms. The number of pyridine rings is 1. The first kappa shape index (κ1) is 27.4. The second kappa shape index (κ2) is 12.6. The molecule has 1 heterocycles. The summed E-state index contributed by atoms with van der Waals surface area (Å²) in [7, 11) is 0. The van der Waals surface area contributed by atoms with Crippen molar-refractivity contribution in [3.8, 4) is 5.88 Å². The zero-order valence-corrected chi connectivity index (χ0v) is 16.3. The molecule has 1 aromatic rings. The molecule has 156 valence electrons. The van der Waals surface area contributed by atoms with Gasteiger partial charge in [-0.25, -0.2) is 4.98 Å². The molecule has 0 aliphatic rings. The summed E-state index contributed by atoms with van der Waals surface area (Å²) in [4.78, 5) is 27.1. The SMILES string of the molecule is CC(C)[C@H](N)C(=O)NCC(=O)NCc1cccnc1OCC(F)(F)F.Cl.Cl. The number of hydrogen-bond acceptors (Lipinski definition) is 5. The predicted molar refractivity (Wildman–Crippen MR) is 98.0 cm³/mol. The van der Waals surface area contributed by atoms with Crippen molar-refractivity contribution < 1.29 is 27.5 Å². The molecular formula is C15H23Cl2F3N4O3. The minimum Gasteiger partial charge on any atom is -0.468 e. The molecule has 4 N–H and O–H groups in total. The molecule has 1 aromatic heterocycles. The Kier molecular flexibility index (Phi) is 12.8. The van der Waals surface area contributed by atoms with E-state index in [1.807, 2.05) is 0 Å². The monoisotopic (exact) mass is 434 g/mol. The Morgan fingerprint density at radius 2 is 1.89 bits per heavy atom. The molecule has 0 aliphatic carbocycles. The minimum atomic E-state index is -4.49. The molecule has 0 aliphatic heterocycles. The Morgan fingerprint density at radius 3 is 2.44 bits per heavy atom. The van der Waals surface area contributed by atoms with Crippen molar-refractivity contribution in [2.45, 2.75) is 32.6 Å². The van der Waals surface area contributed by atoms with Gasteiger partial charge in [0.2, 0.25) is 17.7 Å². The lowest BCUT2D eigenvalue weighted by molar-refractivity contribution is -0.154. The second-order valence-electron chi connectivity index (χ2n) is 5.64. The molecule has 0 radical (unpaired) electrons. The topological polar surface area (TPSA) is 106 Å². The van der Waals surface area contributed by atoms with E-state index in [1.54, 1.807) is 13.8 Å². The number of alkyl halides is 3. The molecule has 0 saturated heterocycles. The molecule has 27 heavy (non-hydrogen) atoms. The van der Waals surface area contributed by atoms with Crippen molar-refractivity contribution in [1.82, 2.24) is 15.6 Å². The van der Waals surface area contributed by atoms with Crippen LogP contribution in [0.4, 0.5) is 13.2 Å². The number of hydrogen-bond donors (Lipinski definition) is 3. The standard InChI is InChI=1S/C15H21F3N4O3.2ClH/c1-9(2)12(19)13(24)22-7-11(23)21-6-10-4-3-5-20-14(10)25-8-15(16,17)18;;/h3-5,9,12H,6-8,19H2,1-2H3,(H,21,23)(H,22,24);2*1H/t12-;;/m0../s1. The van der Waals surface area contributed by atoms with Gasteiger partial charge in [-0.2, -0.15) is 13.2 Å². The number of carbonyl (C=O) groups excluding carboxylic acids is 2. The number of rotatable bonds is 8. The van der Waals surface area contributed by atoms with E-state index in [0.717, 1.165) is 0 Å². The van der Waals surface area contributed by atoms with Gasteiger partial charge in [0.1, 0.15) is 0 Å². The average molecular weight is 435 g/mol. The van der Waals surface area contributed by atoms with E-state index in [9.17, 15) is 22.8 Å². The zero-order chi connectivity index (χ0) is 19.0. The smallest absolute Gasteiger partial charge is 0.422 e. The molecule has 0 fully saturated rings. The van der Waals surface area contributed by atoms with Crippen LogP contribution in [-0.4, -0.2) is 42.2 Å². The normalized spacial score (nSPS) is 11.7. The van der Waals surface area contributed by atoms with Gasteiger partial charge in [0, 0.05) is 18.3 Å². The molecular weight excluding hydrogens is 412 g/mol. The minimum absolute atomic E-state index is 0. The van der Waals surface area contributed by atoms with Crippen molar-refractivity contribution in [3.63, 3.8) is 0 Å². The first-order valence-electron chi connectivity index (χ1n) is 7.53. The van der Waals surface area contributed by atoms with E-state index in [0.29, 0.717) is 0 Å². The third kappa shape index (κ3) is 10.8. The Balaban J connectivity index is 0. The van der Waals surface area contributed by atoms with Crippen molar-refractivity contribution in [1.29, 1.82) is 0 Å². The van der Waals surface area contributed by atoms with E-state index in [4.69, 9.17) is 5.73 Å². The molecule has 0 saturated carbocycles. The third-order valence-corrected chi connectivity index (χ3v) is 3.14. The average Bonchev–Trinajstić information content (AvgIpc) is 2.55. The van der Waals surface area contributed by atoms with E-state index in [-0.39, 0.29) is 55.3 Å². The van der Waals surface area contributed by atoms with Crippen LogP contribution in [0.5, 0.6) is 5.88 Å². The largest absolute Gasteiger partial charge is 0.468 e. The van der Waals surface area contributed by atoms with Gasteiger partial charge >= 0.3 is 6.18 Å². The fourth-order valence-electron chi connectivity index (χ4n) is 1.68. The maximum Gasteiger partial charge on any atom is 0.422 e. The van der Waals surface area contributed by atoms with Crippen LogP contribution in [0.3, 0.4) is 0 Å². The van der Waals surface area contributed by atoms with Gasteiger partial charge in [0.25, 0.3) is 0 Å². The zero-order valence-electron chi connectivity index (χ0n) is 14.7. The maximum atomic E-state index is 12.2. The van der Waals surface area contributed by atoms with Crippen LogP contribution in [-0.2, 0) is 16.1 Å². The predicted octanol–water partition coefficient (Wildman–Crippen LogP) is 1.58. The summed E-state index contributed by atoms with van der Waals surface area (Å²) in [5.74, 6) is -1.27. The highest BCUT2D eigenvalue weighted by Crippen LogP contribution is 2.19. The summed E-state index contributed by atoms with van der Waals surface area (Å²) in [5, 5.41) is 4.85. The second-order valence-corrected chi connectivity index (χ2v) is 5.64. The number of carbonyl (C=O) groups is 2. The third-order valence-electron chi connectivity index (χ3n) is 3.14. The van der Waals surface area contributed by atoms with Crippen LogP contribution in [0.25, 0.3) is 0 Å². The summed E-state index contributed by atoms with van der Waals surface area (Å²) in [6, 6.07) is 2.26. The van der Waals surface area contributed by atoms with Gasteiger partial charge in [0.15, 0.2) is 6.61 Å². The molecule has 1 rings (SSSR count). The van der Waals surface area contributed by atoms with Crippen molar-refractivity contribution in [3.05, 3.63) is 23.9 Å². The molecule has 7 nitrogen and oxygen atoms in total.